The van der Waals surface area contributed by atoms with Crippen LogP contribution >= 0.6 is 8.60 Å². The second kappa shape index (κ2) is 4.89. The van der Waals surface area contributed by atoms with E-state index in [0.29, 0.717) is 0 Å². The summed E-state index contributed by atoms with van der Waals surface area (Å²) in [5, 5.41) is 0. The Morgan fingerprint density at radius 2 is 1.00 bits per heavy atom. The minimum atomic E-state index is -2.62. The fourth-order valence-corrected chi connectivity index (χ4v) is 0. The first-order chi connectivity index (χ1) is 1.73. The van der Waals surface area contributed by atoms with Crippen molar-refractivity contribution in [1.82, 2.24) is 0 Å². The Morgan fingerprint density at radius 1 is 1.00 bits per heavy atom. The van der Waals surface area contributed by atoms with Crippen molar-refractivity contribution in [3.63, 3.8) is 0 Å². The topological polar surface area (TPSA) is 60.7 Å². The van der Waals surface area contributed by atoms with Crippen LogP contribution in [0.5, 0.6) is 0 Å². The largest absolute Gasteiger partial charge is 0.328 e. The first-order valence-electron chi connectivity index (χ1n) is 0.600. The zero-order chi connectivity index (χ0) is 3.58. The van der Waals surface area contributed by atoms with Crippen LogP contribution < -0.4 is 0 Å². The Bertz CT molecular complexity index is 11.6. The molecule has 0 aliphatic heterocycles. The van der Waals surface area contributed by atoms with Crippen LogP contribution in [0.1, 0.15) is 0 Å². The molecule has 3 nitrogen and oxygen atoms in total. The predicted molar refractivity (Wildman–Crippen MR) is 13.6 cm³/mol. The van der Waals surface area contributed by atoms with Crippen molar-refractivity contribution >= 4 is 8.60 Å². The van der Waals surface area contributed by atoms with Crippen LogP contribution in [0.25, 0.3) is 0 Å². The molecule has 0 aromatic heterocycles. The number of rotatable bonds is 0. The summed E-state index contributed by atoms with van der Waals surface area (Å²) >= 11 is 0. The van der Waals surface area contributed by atoms with Gasteiger partial charge in [0.05, 0.1) is 0 Å². The van der Waals surface area contributed by atoms with Gasteiger partial charge in [-0.1, -0.05) is 0 Å². The van der Waals surface area contributed by atoms with Gasteiger partial charge in [-0.25, -0.2) is 0 Å². The molecule has 1 radical (unpaired) electrons. The van der Waals surface area contributed by atoms with Gasteiger partial charge >= 0.3 is 8.60 Å². The van der Waals surface area contributed by atoms with Crippen LogP contribution in [0.15, 0.2) is 0 Å². The molecule has 0 aromatic rings. The molecule has 0 fully saturated rings. The standard InChI is InChI=1S/H3O3P.V/c1-4(2)3;/h1-3H;. The molecule has 0 bridgehead atoms. The molecule has 5 heteroatoms. The normalized spacial score (nSPS) is 7.20. The van der Waals surface area contributed by atoms with Gasteiger partial charge in [0, 0.05) is 18.6 Å². The van der Waals surface area contributed by atoms with E-state index in [4.69, 9.17) is 14.7 Å². The third-order valence-corrected chi connectivity index (χ3v) is 0. The van der Waals surface area contributed by atoms with E-state index >= 15 is 0 Å². The second-order valence-corrected chi connectivity index (χ2v) is 0.805. The van der Waals surface area contributed by atoms with Crippen molar-refractivity contribution in [2.45, 2.75) is 0 Å². The average Bonchev–Trinajstić information content (AvgIpc) is 0.811. The van der Waals surface area contributed by atoms with E-state index < -0.39 is 8.60 Å². The van der Waals surface area contributed by atoms with E-state index in [1.165, 1.54) is 0 Å². The van der Waals surface area contributed by atoms with Crippen LogP contribution in [-0.4, -0.2) is 14.7 Å². The van der Waals surface area contributed by atoms with Crippen LogP contribution in [0.3, 0.4) is 0 Å². The quantitative estimate of drug-likeness (QED) is 0.378. The second-order valence-electron chi connectivity index (χ2n) is 0.268. The van der Waals surface area contributed by atoms with Crippen LogP contribution in [-0.2, 0) is 18.6 Å². The van der Waals surface area contributed by atoms with Crippen molar-refractivity contribution in [3.8, 4) is 0 Å². The Balaban J connectivity index is 0. The third-order valence-electron chi connectivity index (χ3n) is 0. The van der Waals surface area contributed by atoms with Crippen LogP contribution in [0.2, 0.25) is 0 Å². The first-order valence-corrected chi connectivity index (χ1v) is 1.80. The Hall–Kier alpha value is 0.894. The summed E-state index contributed by atoms with van der Waals surface area (Å²) in [6.07, 6.45) is 0. The van der Waals surface area contributed by atoms with E-state index in [1.807, 2.05) is 0 Å². The molecule has 0 heterocycles. The van der Waals surface area contributed by atoms with Crippen molar-refractivity contribution in [2.75, 3.05) is 0 Å². The van der Waals surface area contributed by atoms with Gasteiger partial charge in [0.15, 0.2) is 0 Å². The summed E-state index contributed by atoms with van der Waals surface area (Å²) < 4.78 is 0. The van der Waals surface area contributed by atoms with Crippen LogP contribution in [0, 0.1) is 0 Å². The summed E-state index contributed by atoms with van der Waals surface area (Å²) in [5.74, 6) is 0. The van der Waals surface area contributed by atoms with Crippen LogP contribution in [0.4, 0.5) is 0 Å². The Kier molecular flexibility index (Phi) is 9.11. The van der Waals surface area contributed by atoms with E-state index in [1.54, 1.807) is 0 Å². The number of hydrogen-bond donors (Lipinski definition) is 3. The summed E-state index contributed by atoms with van der Waals surface area (Å²) in [7, 11) is -2.62. The fourth-order valence-electron chi connectivity index (χ4n) is 0. The fraction of sp³-hybridized carbons (Fsp3) is 0. The molecule has 3 N–H and O–H groups in total. The maximum Gasteiger partial charge on any atom is 0.324 e. The molecular formula is H3O3PV. The maximum absolute atomic E-state index is 7.23. The molecule has 0 unspecified atom stereocenters. The molecule has 0 rings (SSSR count). The molecule has 0 aromatic carbocycles. The van der Waals surface area contributed by atoms with E-state index in [-0.39, 0.29) is 18.6 Å². The Morgan fingerprint density at radius 3 is 1.00 bits per heavy atom. The number of hydrogen-bond acceptors (Lipinski definition) is 3. The Labute approximate surface area is 42.5 Å². The van der Waals surface area contributed by atoms with Crippen molar-refractivity contribution in [2.24, 2.45) is 0 Å². The molecule has 0 amide bonds. The van der Waals surface area contributed by atoms with Crippen molar-refractivity contribution < 1.29 is 33.2 Å². The zero-order valence-electron chi connectivity index (χ0n) is 2.24. The molecule has 0 aliphatic rings. The predicted octanol–water partition coefficient (Wildman–Crippen LogP) is -0.812. The van der Waals surface area contributed by atoms with Gasteiger partial charge in [-0.2, -0.15) is 0 Å². The molecule has 0 saturated carbocycles. The molecule has 0 spiro atoms. The third kappa shape index (κ3) is 51.3. The molecule has 5 heavy (non-hydrogen) atoms. The molecule has 0 atom stereocenters. The minimum Gasteiger partial charge on any atom is -0.328 e. The van der Waals surface area contributed by atoms with Gasteiger partial charge in [0.2, 0.25) is 0 Å². The SMILES string of the molecule is OP(O)O.[V]. The minimum absolute atomic E-state index is 0. The van der Waals surface area contributed by atoms with Gasteiger partial charge in [0.25, 0.3) is 0 Å². The summed E-state index contributed by atoms with van der Waals surface area (Å²) in [4.78, 5) is 21.7. The molecular weight excluding hydrogens is 130 g/mol. The maximum atomic E-state index is 7.23. The van der Waals surface area contributed by atoms with E-state index in [9.17, 15) is 0 Å². The van der Waals surface area contributed by atoms with Crippen molar-refractivity contribution in [3.05, 3.63) is 0 Å². The van der Waals surface area contributed by atoms with Gasteiger partial charge in [-0.05, 0) is 0 Å². The smallest absolute Gasteiger partial charge is 0.324 e. The monoisotopic (exact) mass is 133 g/mol. The first kappa shape index (κ1) is 9.31. The summed E-state index contributed by atoms with van der Waals surface area (Å²) in [6.45, 7) is 0. The van der Waals surface area contributed by atoms with Crippen molar-refractivity contribution in [1.29, 1.82) is 0 Å². The van der Waals surface area contributed by atoms with Gasteiger partial charge in [0.1, 0.15) is 0 Å². The zero-order valence-corrected chi connectivity index (χ0v) is 4.53. The van der Waals surface area contributed by atoms with Gasteiger partial charge in [-0.3, -0.25) is 0 Å². The van der Waals surface area contributed by atoms with Gasteiger partial charge < -0.3 is 14.7 Å². The molecule has 31 valence electrons. The summed E-state index contributed by atoms with van der Waals surface area (Å²) in [6, 6.07) is 0. The van der Waals surface area contributed by atoms with E-state index in [0.717, 1.165) is 0 Å². The van der Waals surface area contributed by atoms with Gasteiger partial charge in [-0.15, -0.1) is 0 Å². The molecule has 0 aliphatic carbocycles. The van der Waals surface area contributed by atoms with E-state index in [2.05, 4.69) is 0 Å². The average molecular weight is 133 g/mol. The summed E-state index contributed by atoms with van der Waals surface area (Å²) in [5.41, 5.74) is 0. The molecule has 0 saturated heterocycles.